The molecule has 0 unspecified atom stereocenters. The predicted octanol–water partition coefficient (Wildman–Crippen LogP) is 4.41. The second-order valence-electron chi connectivity index (χ2n) is 7.10. The topological polar surface area (TPSA) is 64.6 Å². The van der Waals surface area contributed by atoms with E-state index >= 15 is 0 Å². The summed E-state index contributed by atoms with van der Waals surface area (Å²) in [5, 5.41) is 2.80. The molecule has 5 heteroatoms. The summed E-state index contributed by atoms with van der Waals surface area (Å²) in [6.07, 6.45) is 4.72. The van der Waals surface area contributed by atoms with Gasteiger partial charge in [0, 0.05) is 6.08 Å². The quantitative estimate of drug-likeness (QED) is 0.648. The van der Waals surface area contributed by atoms with E-state index in [4.69, 9.17) is 9.47 Å². The molecule has 0 aromatic heterocycles. The van der Waals surface area contributed by atoms with Crippen molar-refractivity contribution in [2.75, 3.05) is 5.32 Å². The van der Waals surface area contributed by atoms with Gasteiger partial charge in [-0.2, -0.15) is 0 Å². The number of benzene rings is 2. The number of para-hydroxylation sites is 2. The van der Waals surface area contributed by atoms with Crippen LogP contribution >= 0.6 is 0 Å². The van der Waals surface area contributed by atoms with Crippen molar-refractivity contribution in [2.45, 2.75) is 26.4 Å². The molecule has 2 aromatic carbocycles. The van der Waals surface area contributed by atoms with Crippen molar-refractivity contribution in [1.82, 2.24) is 0 Å². The highest BCUT2D eigenvalue weighted by Gasteiger charge is 2.21. The zero-order valence-corrected chi connectivity index (χ0v) is 15.5. The molecular formula is C22H21NO4. The average Bonchev–Trinajstić information content (AvgIpc) is 2.59. The molecule has 1 amide bonds. The first kappa shape index (κ1) is 18.5. The summed E-state index contributed by atoms with van der Waals surface area (Å²) >= 11 is 0. The molecule has 0 bridgehead atoms. The molecule has 1 N–H and O–H groups in total. The number of hydrogen-bond acceptors (Lipinski definition) is 4. The van der Waals surface area contributed by atoms with Crippen molar-refractivity contribution in [3.05, 3.63) is 71.5 Å². The number of anilines is 1. The summed E-state index contributed by atoms with van der Waals surface area (Å²) in [5.41, 5.74) is 1.71. The number of esters is 1. The van der Waals surface area contributed by atoms with Crippen molar-refractivity contribution >= 4 is 29.7 Å². The van der Waals surface area contributed by atoms with Crippen LogP contribution in [0.5, 0.6) is 5.75 Å². The molecule has 2 aromatic rings. The summed E-state index contributed by atoms with van der Waals surface area (Å²) in [6.45, 7) is 5.46. The number of amides is 1. The molecule has 0 saturated carbocycles. The zero-order chi connectivity index (χ0) is 19.4. The average molecular weight is 363 g/mol. The molecule has 0 spiro atoms. The van der Waals surface area contributed by atoms with Crippen LogP contribution in [0.3, 0.4) is 0 Å². The van der Waals surface area contributed by atoms with Crippen LogP contribution in [-0.4, -0.2) is 17.5 Å². The lowest BCUT2D eigenvalue weighted by Crippen LogP contribution is -2.23. The van der Waals surface area contributed by atoms with Gasteiger partial charge in [0.25, 0.3) is 5.91 Å². The number of nitrogens with one attached hydrogen (secondary N) is 1. The minimum atomic E-state index is -0.532. The van der Waals surface area contributed by atoms with Crippen LogP contribution in [-0.2, 0) is 14.3 Å². The van der Waals surface area contributed by atoms with E-state index in [1.54, 1.807) is 24.3 Å². The number of carbonyl (C=O) groups excluding carboxylic acids is 2. The van der Waals surface area contributed by atoms with Crippen LogP contribution in [0.4, 0.5) is 5.69 Å². The van der Waals surface area contributed by atoms with Gasteiger partial charge in [0.05, 0.1) is 5.69 Å². The fourth-order valence-corrected chi connectivity index (χ4v) is 2.51. The predicted molar refractivity (Wildman–Crippen MR) is 105 cm³/mol. The summed E-state index contributed by atoms with van der Waals surface area (Å²) in [4.78, 5) is 24.0. The van der Waals surface area contributed by atoms with Crippen molar-refractivity contribution in [2.24, 2.45) is 0 Å². The largest absolute Gasteiger partial charge is 0.457 e. The third-order valence-corrected chi connectivity index (χ3v) is 3.61. The monoisotopic (exact) mass is 363 g/mol. The Bertz CT molecular complexity index is 935. The summed E-state index contributed by atoms with van der Waals surface area (Å²) in [5.74, 6) is 0.104. The molecule has 3 rings (SSSR count). The molecule has 0 aliphatic carbocycles. The lowest BCUT2D eigenvalue weighted by Gasteiger charge is -2.19. The van der Waals surface area contributed by atoms with Gasteiger partial charge in [-0.25, -0.2) is 4.79 Å². The van der Waals surface area contributed by atoms with Gasteiger partial charge in [-0.15, -0.1) is 0 Å². The number of ether oxygens (including phenoxy) is 2. The van der Waals surface area contributed by atoms with Crippen LogP contribution < -0.4 is 10.1 Å². The highest BCUT2D eigenvalue weighted by atomic mass is 16.6. The molecular weight excluding hydrogens is 342 g/mol. The highest BCUT2D eigenvalue weighted by molar-refractivity contribution is 6.08. The summed E-state index contributed by atoms with van der Waals surface area (Å²) < 4.78 is 10.9. The van der Waals surface area contributed by atoms with E-state index in [1.807, 2.05) is 57.2 Å². The minimum absolute atomic E-state index is 0.210. The van der Waals surface area contributed by atoms with E-state index in [-0.39, 0.29) is 11.7 Å². The van der Waals surface area contributed by atoms with E-state index in [1.165, 1.54) is 6.08 Å². The van der Waals surface area contributed by atoms with Crippen LogP contribution in [0.25, 0.3) is 12.2 Å². The Morgan fingerprint density at radius 1 is 1.07 bits per heavy atom. The van der Waals surface area contributed by atoms with Gasteiger partial charge >= 0.3 is 5.97 Å². The fourth-order valence-electron chi connectivity index (χ4n) is 2.51. The Morgan fingerprint density at radius 3 is 2.59 bits per heavy atom. The first-order valence-corrected chi connectivity index (χ1v) is 8.61. The van der Waals surface area contributed by atoms with Gasteiger partial charge in [0.1, 0.15) is 5.60 Å². The van der Waals surface area contributed by atoms with Crippen molar-refractivity contribution < 1.29 is 19.1 Å². The van der Waals surface area contributed by atoms with Gasteiger partial charge in [-0.1, -0.05) is 30.3 Å². The van der Waals surface area contributed by atoms with E-state index in [9.17, 15) is 9.59 Å². The standard InChI is InChI=1S/C22H21NO4/c1-22(2,3)27-20(24)12-11-15-7-6-8-16(13-15)14-19-21(25)23-17-9-4-5-10-18(17)26-19/h4-14H,1-3H3,(H,23,25)/b12-11+,19-14-. The Kier molecular flexibility index (Phi) is 5.12. The Morgan fingerprint density at radius 2 is 1.81 bits per heavy atom. The maximum atomic E-state index is 12.2. The third-order valence-electron chi connectivity index (χ3n) is 3.61. The lowest BCUT2D eigenvalue weighted by molar-refractivity contribution is -0.148. The molecule has 0 atom stereocenters. The molecule has 0 radical (unpaired) electrons. The fraction of sp³-hybridized carbons (Fsp3) is 0.182. The first-order valence-electron chi connectivity index (χ1n) is 8.61. The van der Waals surface area contributed by atoms with Crippen LogP contribution in [0, 0.1) is 0 Å². The summed E-state index contributed by atoms with van der Waals surface area (Å²) in [7, 11) is 0. The smallest absolute Gasteiger partial charge is 0.331 e. The van der Waals surface area contributed by atoms with Gasteiger partial charge < -0.3 is 14.8 Å². The van der Waals surface area contributed by atoms with Crippen LogP contribution in [0.2, 0.25) is 0 Å². The van der Waals surface area contributed by atoms with Crippen molar-refractivity contribution in [3.8, 4) is 5.75 Å². The Balaban J connectivity index is 1.77. The molecule has 1 aliphatic heterocycles. The normalized spacial score (nSPS) is 15.2. The third kappa shape index (κ3) is 5.07. The van der Waals surface area contributed by atoms with Crippen LogP contribution in [0.1, 0.15) is 31.9 Å². The van der Waals surface area contributed by atoms with Gasteiger partial charge in [0.2, 0.25) is 0 Å². The van der Waals surface area contributed by atoms with E-state index in [0.717, 1.165) is 11.1 Å². The maximum Gasteiger partial charge on any atom is 0.331 e. The molecule has 1 aliphatic rings. The SMILES string of the molecule is CC(C)(C)OC(=O)/C=C/c1cccc(/C=C2\Oc3ccccc3NC2=O)c1. The highest BCUT2D eigenvalue weighted by Crippen LogP contribution is 2.30. The Hall–Kier alpha value is -3.34. The molecule has 138 valence electrons. The molecule has 5 nitrogen and oxygen atoms in total. The van der Waals surface area contributed by atoms with E-state index < -0.39 is 11.6 Å². The van der Waals surface area contributed by atoms with E-state index in [2.05, 4.69) is 5.32 Å². The Labute approximate surface area is 158 Å². The number of fused-ring (bicyclic) bond motifs is 1. The summed E-state index contributed by atoms with van der Waals surface area (Å²) in [6, 6.07) is 14.7. The van der Waals surface area contributed by atoms with Gasteiger partial charge in [0.15, 0.2) is 11.5 Å². The molecule has 0 saturated heterocycles. The minimum Gasteiger partial charge on any atom is -0.457 e. The number of hydrogen-bond donors (Lipinski definition) is 1. The molecule has 27 heavy (non-hydrogen) atoms. The van der Waals surface area contributed by atoms with Crippen molar-refractivity contribution in [1.29, 1.82) is 0 Å². The van der Waals surface area contributed by atoms with Crippen molar-refractivity contribution in [3.63, 3.8) is 0 Å². The number of rotatable bonds is 3. The lowest BCUT2D eigenvalue weighted by atomic mass is 10.1. The molecule has 0 fully saturated rings. The zero-order valence-electron chi connectivity index (χ0n) is 15.5. The second kappa shape index (κ2) is 7.50. The number of carbonyl (C=O) groups is 2. The molecule has 1 heterocycles. The second-order valence-corrected chi connectivity index (χ2v) is 7.10. The van der Waals surface area contributed by atoms with E-state index in [0.29, 0.717) is 11.4 Å². The maximum absolute atomic E-state index is 12.2. The van der Waals surface area contributed by atoms with Gasteiger partial charge in [-0.05, 0) is 62.2 Å². The van der Waals surface area contributed by atoms with Crippen LogP contribution in [0.15, 0.2) is 60.4 Å². The first-order chi connectivity index (χ1) is 12.8. The van der Waals surface area contributed by atoms with Gasteiger partial charge in [-0.3, -0.25) is 4.79 Å².